The zero-order valence-electron chi connectivity index (χ0n) is 12.1. The number of nitrogens with one attached hydrogen (secondary N) is 2. The number of nitrogens with zero attached hydrogens (tertiary/aromatic N) is 1. The third-order valence-electron chi connectivity index (χ3n) is 3.63. The van der Waals surface area contributed by atoms with Gasteiger partial charge >= 0.3 is 6.03 Å². The van der Waals surface area contributed by atoms with E-state index >= 15 is 0 Å². The van der Waals surface area contributed by atoms with Gasteiger partial charge in [0.05, 0.1) is 12.6 Å². The number of carbonyl (C=O) groups excluding carboxylic acids is 2. The molecule has 6 nitrogen and oxygen atoms in total. The summed E-state index contributed by atoms with van der Waals surface area (Å²) in [4.78, 5) is 25.8. The number of amides is 3. The van der Waals surface area contributed by atoms with Crippen molar-refractivity contribution >= 4 is 17.6 Å². The van der Waals surface area contributed by atoms with E-state index in [9.17, 15) is 9.59 Å². The van der Waals surface area contributed by atoms with E-state index in [1.54, 1.807) is 4.90 Å². The number of urea groups is 1. The third kappa shape index (κ3) is 3.72. The molecule has 0 spiro atoms. The highest BCUT2D eigenvalue weighted by molar-refractivity contribution is 6.01. The van der Waals surface area contributed by atoms with Crippen LogP contribution < -0.4 is 15.5 Å². The SMILES string of the molecule is CCC(CO)NC(=O)NC1CCN(c2ccccc2)C1=O. The van der Waals surface area contributed by atoms with Crippen molar-refractivity contribution in [3.63, 3.8) is 0 Å². The van der Waals surface area contributed by atoms with Gasteiger partial charge in [0.25, 0.3) is 0 Å². The first kappa shape index (κ1) is 15.3. The molecule has 0 bridgehead atoms. The van der Waals surface area contributed by atoms with E-state index < -0.39 is 12.1 Å². The summed E-state index contributed by atoms with van der Waals surface area (Å²) in [6.45, 7) is 2.35. The Balaban J connectivity index is 1.92. The molecule has 1 aromatic rings. The van der Waals surface area contributed by atoms with Gasteiger partial charge in [-0.2, -0.15) is 0 Å². The minimum Gasteiger partial charge on any atom is -0.394 e. The smallest absolute Gasteiger partial charge is 0.315 e. The average Bonchev–Trinajstić information content (AvgIpc) is 2.87. The Kier molecular flexibility index (Phi) is 5.16. The fourth-order valence-corrected chi connectivity index (χ4v) is 2.34. The van der Waals surface area contributed by atoms with E-state index in [0.29, 0.717) is 19.4 Å². The number of aliphatic hydroxyl groups excluding tert-OH is 1. The van der Waals surface area contributed by atoms with Crippen LogP contribution in [-0.4, -0.2) is 42.3 Å². The molecule has 6 heteroatoms. The van der Waals surface area contributed by atoms with Gasteiger partial charge in [-0.3, -0.25) is 4.79 Å². The van der Waals surface area contributed by atoms with E-state index in [4.69, 9.17) is 5.11 Å². The molecule has 1 fully saturated rings. The van der Waals surface area contributed by atoms with E-state index in [2.05, 4.69) is 10.6 Å². The summed E-state index contributed by atoms with van der Waals surface area (Å²) in [5, 5.41) is 14.4. The molecule has 1 saturated heterocycles. The van der Waals surface area contributed by atoms with E-state index in [1.165, 1.54) is 0 Å². The number of anilines is 1. The van der Waals surface area contributed by atoms with Crippen LogP contribution >= 0.6 is 0 Å². The molecule has 2 unspecified atom stereocenters. The predicted octanol–water partition coefficient (Wildman–Crippen LogP) is 0.862. The van der Waals surface area contributed by atoms with Crippen molar-refractivity contribution < 1.29 is 14.7 Å². The number of hydrogen-bond acceptors (Lipinski definition) is 3. The van der Waals surface area contributed by atoms with Gasteiger partial charge in [-0.1, -0.05) is 25.1 Å². The molecule has 2 atom stereocenters. The maximum Gasteiger partial charge on any atom is 0.315 e. The number of hydrogen-bond donors (Lipinski definition) is 3. The molecule has 114 valence electrons. The van der Waals surface area contributed by atoms with Gasteiger partial charge in [-0.25, -0.2) is 4.79 Å². The first-order valence-corrected chi connectivity index (χ1v) is 7.20. The maximum absolute atomic E-state index is 12.3. The van der Waals surface area contributed by atoms with E-state index in [0.717, 1.165) is 5.69 Å². The molecule has 0 aliphatic carbocycles. The first-order valence-electron chi connectivity index (χ1n) is 7.20. The monoisotopic (exact) mass is 291 g/mol. The molecular weight excluding hydrogens is 270 g/mol. The van der Waals surface area contributed by atoms with E-state index in [1.807, 2.05) is 37.3 Å². The van der Waals surface area contributed by atoms with Crippen molar-refractivity contribution in [2.75, 3.05) is 18.1 Å². The Bertz CT molecular complexity index is 488. The maximum atomic E-state index is 12.3. The van der Waals surface area contributed by atoms with Gasteiger partial charge in [0, 0.05) is 12.2 Å². The number of benzene rings is 1. The summed E-state index contributed by atoms with van der Waals surface area (Å²) in [6.07, 6.45) is 1.22. The highest BCUT2D eigenvalue weighted by Gasteiger charge is 2.33. The van der Waals surface area contributed by atoms with Crippen molar-refractivity contribution in [2.24, 2.45) is 0 Å². The molecule has 1 heterocycles. The van der Waals surface area contributed by atoms with Gasteiger partial charge in [-0.05, 0) is 25.0 Å². The summed E-state index contributed by atoms with van der Waals surface area (Å²) < 4.78 is 0. The van der Waals surface area contributed by atoms with Crippen molar-refractivity contribution in [2.45, 2.75) is 31.8 Å². The molecule has 0 aromatic heterocycles. The Labute approximate surface area is 124 Å². The van der Waals surface area contributed by atoms with Gasteiger partial charge < -0.3 is 20.6 Å². The van der Waals surface area contributed by atoms with Gasteiger partial charge in [0.1, 0.15) is 6.04 Å². The van der Waals surface area contributed by atoms with Crippen LogP contribution in [0.1, 0.15) is 19.8 Å². The second-order valence-corrected chi connectivity index (χ2v) is 5.07. The van der Waals surface area contributed by atoms with Crippen molar-refractivity contribution in [1.29, 1.82) is 0 Å². The van der Waals surface area contributed by atoms with Gasteiger partial charge in [-0.15, -0.1) is 0 Å². The van der Waals surface area contributed by atoms with Crippen LogP contribution in [0.5, 0.6) is 0 Å². The van der Waals surface area contributed by atoms with Crippen LogP contribution in [0.2, 0.25) is 0 Å². The molecule has 2 rings (SSSR count). The summed E-state index contributed by atoms with van der Waals surface area (Å²) in [6, 6.07) is 8.19. The third-order valence-corrected chi connectivity index (χ3v) is 3.63. The fourth-order valence-electron chi connectivity index (χ4n) is 2.34. The molecule has 1 aliphatic rings. The average molecular weight is 291 g/mol. The summed E-state index contributed by atoms with van der Waals surface area (Å²) >= 11 is 0. The van der Waals surface area contributed by atoms with Crippen molar-refractivity contribution in [3.05, 3.63) is 30.3 Å². The highest BCUT2D eigenvalue weighted by atomic mass is 16.3. The molecule has 1 aliphatic heterocycles. The normalized spacial score (nSPS) is 19.4. The van der Waals surface area contributed by atoms with Crippen LogP contribution in [0.15, 0.2) is 30.3 Å². The van der Waals surface area contributed by atoms with Crippen molar-refractivity contribution in [1.82, 2.24) is 10.6 Å². The highest BCUT2D eigenvalue weighted by Crippen LogP contribution is 2.20. The Hall–Kier alpha value is -2.08. The molecule has 0 radical (unpaired) electrons. The van der Waals surface area contributed by atoms with Crippen LogP contribution in [0, 0.1) is 0 Å². The predicted molar refractivity (Wildman–Crippen MR) is 80.0 cm³/mol. The lowest BCUT2D eigenvalue weighted by molar-refractivity contribution is -0.118. The molecule has 0 saturated carbocycles. The van der Waals surface area contributed by atoms with Crippen LogP contribution in [0.25, 0.3) is 0 Å². The number of aliphatic hydroxyl groups is 1. The minimum atomic E-state index is -0.513. The Morgan fingerprint density at radius 1 is 1.43 bits per heavy atom. The topological polar surface area (TPSA) is 81.7 Å². The minimum absolute atomic E-state index is 0.103. The standard InChI is InChI=1S/C15H21N3O3/c1-2-11(10-19)16-15(21)17-13-8-9-18(14(13)20)12-6-4-3-5-7-12/h3-7,11,13,19H,2,8-10H2,1H3,(H2,16,17,21). The summed E-state index contributed by atoms with van der Waals surface area (Å²) in [7, 11) is 0. The van der Waals surface area contributed by atoms with Gasteiger partial charge in [0.15, 0.2) is 0 Å². The Morgan fingerprint density at radius 2 is 2.14 bits per heavy atom. The number of carbonyl (C=O) groups is 2. The first-order chi connectivity index (χ1) is 10.2. The van der Waals surface area contributed by atoms with Crippen molar-refractivity contribution in [3.8, 4) is 0 Å². The lowest BCUT2D eigenvalue weighted by atomic mass is 10.2. The van der Waals surface area contributed by atoms with Crippen LogP contribution in [0.4, 0.5) is 10.5 Å². The lowest BCUT2D eigenvalue weighted by Crippen LogP contribution is -2.49. The Morgan fingerprint density at radius 3 is 2.76 bits per heavy atom. The van der Waals surface area contributed by atoms with Crippen LogP contribution in [0.3, 0.4) is 0 Å². The zero-order chi connectivity index (χ0) is 15.2. The molecule has 3 amide bonds. The summed E-state index contributed by atoms with van der Waals surface area (Å²) in [5.74, 6) is -0.103. The second kappa shape index (κ2) is 7.08. The lowest BCUT2D eigenvalue weighted by Gasteiger charge is -2.19. The largest absolute Gasteiger partial charge is 0.394 e. The quantitative estimate of drug-likeness (QED) is 0.752. The molecular formula is C15H21N3O3. The second-order valence-electron chi connectivity index (χ2n) is 5.07. The number of rotatable bonds is 5. The zero-order valence-corrected chi connectivity index (χ0v) is 12.1. The number of para-hydroxylation sites is 1. The molecule has 21 heavy (non-hydrogen) atoms. The molecule has 1 aromatic carbocycles. The fraction of sp³-hybridized carbons (Fsp3) is 0.467. The molecule has 3 N–H and O–H groups in total. The van der Waals surface area contributed by atoms with Crippen LogP contribution in [-0.2, 0) is 4.79 Å². The summed E-state index contributed by atoms with van der Waals surface area (Å²) in [5.41, 5.74) is 0.842. The van der Waals surface area contributed by atoms with Gasteiger partial charge in [0.2, 0.25) is 5.91 Å². The van der Waals surface area contributed by atoms with E-state index in [-0.39, 0.29) is 18.6 Å².